The zero-order chi connectivity index (χ0) is 13.7. The summed E-state index contributed by atoms with van der Waals surface area (Å²) < 4.78 is 0.935. The van der Waals surface area contributed by atoms with Crippen LogP contribution in [0.25, 0.3) is 0 Å². The minimum atomic E-state index is 0.00886. The highest BCUT2D eigenvalue weighted by molar-refractivity contribution is 9.10. The number of rotatable bonds is 5. The molecule has 1 aromatic carbocycles. The molecule has 1 aliphatic heterocycles. The van der Waals surface area contributed by atoms with Crippen LogP contribution in [0.15, 0.2) is 28.7 Å². The molecule has 4 heteroatoms. The van der Waals surface area contributed by atoms with Crippen LogP contribution in [0.2, 0.25) is 0 Å². The first-order valence-electron chi connectivity index (χ1n) is 6.91. The predicted octanol–water partition coefficient (Wildman–Crippen LogP) is 2.91. The maximum absolute atomic E-state index is 12.0. The van der Waals surface area contributed by atoms with Gasteiger partial charge in [0, 0.05) is 23.1 Å². The van der Waals surface area contributed by atoms with Gasteiger partial charge >= 0.3 is 0 Å². The van der Waals surface area contributed by atoms with Gasteiger partial charge in [-0.25, -0.2) is 0 Å². The molecule has 1 atom stereocenters. The van der Waals surface area contributed by atoms with Gasteiger partial charge in [0.25, 0.3) is 5.91 Å². The van der Waals surface area contributed by atoms with E-state index in [0.29, 0.717) is 11.5 Å². The number of carbonyl (C=O) groups is 1. The number of hydrogen-bond acceptors (Lipinski definition) is 2. The summed E-state index contributed by atoms with van der Waals surface area (Å²) >= 11 is 3.38. The van der Waals surface area contributed by atoms with Crippen molar-refractivity contribution in [3.63, 3.8) is 0 Å². The molecule has 1 unspecified atom stereocenters. The zero-order valence-corrected chi connectivity index (χ0v) is 12.9. The monoisotopic (exact) mass is 324 g/mol. The molecule has 0 bridgehead atoms. The van der Waals surface area contributed by atoms with E-state index in [9.17, 15) is 4.79 Å². The van der Waals surface area contributed by atoms with E-state index >= 15 is 0 Å². The average Bonchev–Trinajstić information content (AvgIpc) is 2.88. The zero-order valence-electron chi connectivity index (χ0n) is 11.4. The Hall–Kier alpha value is -0.870. The Bertz CT molecular complexity index is 430. The van der Waals surface area contributed by atoms with Gasteiger partial charge in [0.2, 0.25) is 0 Å². The molecule has 1 aliphatic rings. The van der Waals surface area contributed by atoms with Crippen LogP contribution < -0.4 is 5.32 Å². The second-order valence-electron chi connectivity index (χ2n) is 5.33. The Morgan fingerprint density at radius 2 is 2.16 bits per heavy atom. The number of benzene rings is 1. The molecule has 1 amide bonds. The Balaban J connectivity index is 1.76. The van der Waals surface area contributed by atoms with Crippen LogP contribution in [0.1, 0.15) is 30.1 Å². The lowest BCUT2D eigenvalue weighted by Crippen LogP contribution is -2.34. The number of amides is 1. The summed E-state index contributed by atoms with van der Waals surface area (Å²) in [6.45, 7) is 6.44. The average molecular weight is 325 g/mol. The van der Waals surface area contributed by atoms with E-state index in [1.54, 1.807) is 0 Å². The molecule has 0 saturated carbocycles. The smallest absolute Gasteiger partial charge is 0.251 e. The topological polar surface area (TPSA) is 32.3 Å². The highest BCUT2D eigenvalue weighted by Gasteiger charge is 2.15. The van der Waals surface area contributed by atoms with Crippen LogP contribution in [-0.2, 0) is 0 Å². The quantitative estimate of drug-likeness (QED) is 0.903. The Kier molecular flexibility index (Phi) is 5.40. The third-order valence-electron chi connectivity index (χ3n) is 3.47. The van der Waals surface area contributed by atoms with Crippen LogP contribution >= 0.6 is 15.9 Å². The minimum absolute atomic E-state index is 0.00886. The van der Waals surface area contributed by atoms with Crippen molar-refractivity contribution in [3.05, 3.63) is 34.3 Å². The van der Waals surface area contributed by atoms with Gasteiger partial charge in [-0.05, 0) is 50.0 Å². The fraction of sp³-hybridized carbons (Fsp3) is 0.533. The SMILES string of the molecule is CC(CNC(=O)c1cccc(Br)c1)CN1CCCC1. The molecule has 0 radical (unpaired) electrons. The molecule has 0 aliphatic carbocycles. The van der Waals surface area contributed by atoms with Crippen LogP contribution in [0.3, 0.4) is 0 Å². The van der Waals surface area contributed by atoms with Crippen LogP contribution in [0.4, 0.5) is 0 Å². The first kappa shape index (κ1) is 14.5. The molecule has 2 rings (SSSR count). The molecule has 0 spiro atoms. The van der Waals surface area contributed by atoms with Gasteiger partial charge in [0.15, 0.2) is 0 Å². The number of halogens is 1. The molecule has 19 heavy (non-hydrogen) atoms. The van der Waals surface area contributed by atoms with E-state index in [1.807, 2.05) is 24.3 Å². The van der Waals surface area contributed by atoms with Gasteiger partial charge in [-0.3, -0.25) is 4.79 Å². The largest absolute Gasteiger partial charge is 0.352 e. The molecule has 1 heterocycles. The first-order chi connectivity index (χ1) is 9.15. The summed E-state index contributed by atoms with van der Waals surface area (Å²) in [5.74, 6) is 0.503. The second kappa shape index (κ2) is 7.06. The summed E-state index contributed by atoms with van der Waals surface area (Å²) in [6, 6.07) is 7.49. The lowest BCUT2D eigenvalue weighted by Gasteiger charge is -2.20. The third kappa shape index (κ3) is 4.62. The highest BCUT2D eigenvalue weighted by Crippen LogP contribution is 2.12. The third-order valence-corrected chi connectivity index (χ3v) is 3.96. The standard InChI is InChI=1S/C15H21BrN2O/c1-12(11-18-7-2-3-8-18)10-17-15(19)13-5-4-6-14(16)9-13/h4-6,9,12H,2-3,7-8,10-11H2,1H3,(H,17,19). The Labute approximate surface area is 123 Å². The van der Waals surface area contributed by atoms with E-state index in [2.05, 4.69) is 33.1 Å². The molecule has 1 saturated heterocycles. The van der Waals surface area contributed by atoms with Crippen molar-refractivity contribution in [2.45, 2.75) is 19.8 Å². The van der Waals surface area contributed by atoms with Crippen molar-refractivity contribution in [1.29, 1.82) is 0 Å². The summed E-state index contributed by atoms with van der Waals surface area (Å²) in [7, 11) is 0. The van der Waals surface area contributed by atoms with E-state index < -0.39 is 0 Å². The first-order valence-corrected chi connectivity index (χ1v) is 7.70. The van der Waals surface area contributed by atoms with E-state index in [4.69, 9.17) is 0 Å². The predicted molar refractivity (Wildman–Crippen MR) is 81.3 cm³/mol. The highest BCUT2D eigenvalue weighted by atomic mass is 79.9. The van der Waals surface area contributed by atoms with Crippen molar-refractivity contribution in [1.82, 2.24) is 10.2 Å². The van der Waals surface area contributed by atoms with Gasteiger partial charge < -0.3 is 10.2 Å². The van der Waals surface area contributed by atoms with Crippen molar-refractivity contribution in [3.8, 4) is 0 Å². The summed E-state index contributed by atoms with van der Waals surface area (Å²) in [6.07, 6.45) is 2.63. The van der Waals surface area contributed by atoms with Crippen molar-refractivity contribution in [2.24, 2.45) is 5.92 Å². The normalized spacial score (nSPS) is 17.4. The Morgan fingerprint density at radius 3 is 2.84 bits per heavy atom. The number of nitrogens with one attached hydrogen (secondary N) is 1. The molecule has 3 nitrogen and oxygen atoms in total. The number of nitrogens with zero attached hydrogens (tertiary/aromatic N) is 1. The van der Waals surface area contributed by atoms with Crippen LogP contribution in [0, 0.1) is 5.92 Å². The Morgan fingerprint density at radius 1 is 1.42 bits per heavy atom. The van der Waals surface area contributed by atoms with Crippen LogP contribution in [-0.4, -0.2) is 37.0 Å². The van der Waals surface area contributed by atoms with Gasteiger partial charge in [-0.1, -0.05) is 28.9 Å². The lowest BCUT2D eigenvalue weighted by atomic mass is 10.1. The molecular formula is C15H21BrN2O. The maximum atomic E-state index is 12.0. The number of carbonyl (C=O) groups excluding carboxylic acids is 1. The molecule has 1 N–H and O–H groups in total. The molecule has 104 valence electrons. The van der Waals surface area contributed by atoms with Gasteiger partial charge in [0.1, 0.15) is 0 Å². The van der Waals surface area contributed by atoms with Crippen LogP contribution in [0.5, 0.6) is 0 Å². The van der Waals surface area contributed by atoms with Gasteiger partial charge in [0.05, 0.1) is 0 Å². The fourth-order valence-electron chi connectivity index (χ4n) is 2.47. The number of likely N-dealkylation sites (tertiary alicyclic amines) is 1. The van der Waals surface area contributed by atoms with Gasteiger partial charge in [-0.15, -0.1) is 0 Å². The van der Waals surface area contributed by atoms with E-state index in [-0.39, 0.29) is 5.91 Å². The van der Waals surface area contributed by atoms with Gasteiger partial charge in [-0.2, -0.15) is 0 Å². The molecule has 1 aromatic rings. The van der Waals surface area contributed by atoms with E-state index in [1.165, 1.54) is 25.9 Å². The second-order valence-corrected chi connectivity index (χ2v) is 6.25. The van der Waals surface area contributed by atoms with Crippen molar-refractivity contribution >= 4 is 21.8 Å². The minimum Gasteiger partial charge on any atom is -0.352 e. The summed E-state index contributed by atoms with van der Waals surface area (Å²) in [5.41, 5.74) is 0.711. The van der Waals surface area contributed by atoms with Crippen molar-refractivity contribution in [2.75, 3.05) is 26.2 Å². The van der Waals surface area contributed by atoms with E-state index in [0.717, 1.165) is 17.6 Å². The lowest BCUT2D eigenvalue weighted by molar-refractivity contribution is 0.0945. The summed E-state index contributed by atoms with van der Waals surface area (Å²) in [4.78, 5) is 14.5. The molecule has 0 aromatic heterocycles. The number of hydrogen-bond donors (Lipinski definition) is 1. The molecular weight excluding hydrogens is 304 g/mol. The molecule has 1 fully saturated rings. The maximum Gasteiger partial charge on any atom is 0.251 e. The van der Waals surface area contributed by atoms with Crippen molar-refractivity contribution < 1.29 is 4.79 Å². The fourth-order valence-corrected chi connectivity index (χ4v) is 2.87. The summed E-state index contributed by atoms with van der Waals surface area (Å²) in [5, 5.41) is 3.01.